The molecule has 0 spiro atoms. The van der Waals surface area contributed by atoms with Crippen LogP contribution in [-0.4, -0.2) is 62.0 Å². The topological polar surface area (TPSA) is 44.7 Å². The minimum Gasteiger partial charge on any atom is -0.394 e. The molecule has 2 rings (SSSR count). The first-order chi connectivity index (χ1) is 6.88. The Kier molecular flexibility index (Phi) is 3.75. The van der Waals surface area contributed by atoms with E-state index < -0.39 is 0 Å². The fourth-order valence-corrected chi connectivity index (χ4v) is 2.29. The minimum atomic E-state index is 0.0399. The molecule has 82 valence electrons. The molecule has 0 bridgehead atoms. The molecule has 2 aliphatic heterocycles. The molecule has 0 aromatic carbocycles. The number of rotatable bonds is 3. The average molecular weight is 200 g/mol. The Morgan fingerprint density at radius 1 is 1.50 bits per heavy atom. The van der Waals surface area contributed by atoms with Gasteiger partial charge in [0, 0.05) is 19.6 Å². The molecule has 0 saturated carbocycles. The largest absolute Gasteiger partial charge is 0.394 e. The SMILES string of the molecule is OCC1CN(CC2CCNC2)CCO1. The monoisotopic (exact) mass is 200 g/mol. The Bertz CT molecular complexity index is 172. The second-order valence-electron chi connectivity index (χ2n) is 4.29. The molecule has 2 N–H and O–H groups in total. The van der Waals surface area contributed by atoms with Gasteiger partial charge >= 0.3 is 0 Å². The van der Waals surface area contributed by atoms with Crippen molar-refractivity contribution in [1.82, 2.24) is 10.2 Å². The number of nitrogens with zero attached hydrogens (tertiary/aromatic N) is 1. The van der Waals surface area contributed by atoms with Crippen molar-refractivity contribution in [3.05, 3.63) is 0 Å². The summed E-state index contributed by atoms with van der Waals surface area (Å²) in [6.07, 6.45) is 1.33. The van der Waals surface area contributed by atoms with Crippen LogP contribution in [0.2, 0.25) is 0 Å². The molecule has 0 amide bonds. The van der Waals surface area contributed by atoms with Crippen molar-refractivity contribution in [3.8, 4) is 0 Å². The molecule has 2 saturated heterocycles. The molecule has 2 fully saturated rings. The standard InChI is InChI=1S/C10H20N2O2/c13-8-10-7-12(3-4-14-10)6-9-1-2-11-5-9/h9-11,13H,1-8H2. The highest BCUT2D eigenvalue weighted by Crippen LogP contribution is 2.12. The predicted molar refractivity (Wildman–Crippen MR) is 54.2 cm³/mol. The third-order valence-electron chi connectivity index (χ3n) is 3.11. The molecule has 14 heavy (non-hydrogen) atoms. The van der Waals surface area contributed by atoms with Crippen molar-refractivity contribution < 1.29 is 9.84 Å². The van der Waals surface area contributed by atoms with Crippen molar-refractivity contribution in [2.24, 2.45) is 5.92 Å². The Morgan fingerprint density at radius 2 is 2.43 bits per heavy atom. The van der Waals surface area contributed by atoms with E-state index in [-0.39, 0.29) is 12.7 Å². The van der Waals surface area contributed by atoms with Gasteiger partial charge in [0.15, 0.2) is 0 Å². The van der Waals surface area contributed by atoms with Crippen LogP contribution in [0.4, 0.5) is 0 Å². The van der Waals surface area contributed by atoms with Gasteiger partial charge in [-0.05, 0) is 25.4 Å². The van der Waals surface area contributed by atoms with Crippen LogP contribution >= 0.6 is 0 Å². The number of hydrogen-bond acceptors (Lipinski definition) is 4. The van der Waals surface area contributed by atoms with Gasteiger partial charge in [0.05, 0.1) is 19.3 Å². The Labute approximate surface area is 85.2 Å². The lowest BCUT2D eigenvalue weighted by molar-refractivity contribution is -0.0556. The first-order valence-electron chi connectivity index (χ1n) is 5.54. The predicted octanol–water partition coefficient (Wildman–Crippen LogP) is -0.711. The number of morpholine rings is 1. The lowest BCUT2D eigenvalue weighted by atomic mass is 10.1. The summed E-state index contributed by atoms with van der Waals surface area (Å²) in [4.78, 5) is 2.42. The smallest absolute Gasteiger partial charge is 0.0932 e. The summed E-state index contributed by atoms with van der Waals surface area (Å²) in [5.74, 6) is 0.799. The van der Waals surface area contributed by atoms with Crippen molar-refractivity contribution in [2.75, 3.05) is 45.9 Å². The van der Waals surface area contributed by atoms with Crippen molar-refractivity contribution in [1.29, 1.82) is 0 Å². The maximum absolute atomic E-state index is 9.01. The number of ether oxygens (including phenoxy) is 1. The van der Waals surface area contributed by atoms with Crippen molar-refractivity contribution in [2.45, 2.75) is 12.5 Å². The third kappa shape index (κ3) is 2.67. The lowest BCUT2D eigenvalue weighted by Gasteiger charge is -2.33. The number of nitrogens with one attached hydrogen (secondary N) is 1. The molecular weight excluding hydrogens is 180 g/mol. The van der Waals surface area contributed by atoms with Gasteiger partial charge in [-0.25, -0.2) is 0 Å². The number of aliphatic hydroxyl groups excluding tert-OH is 1. The van der Waals surface area contributed by atoms with E-state index in [4.69, 9.17) is 9.84 Å². The summed E-state index contributed by atoms with van der Waals surface area (Å²) in [5, 5.41) is 12.4. The van der Waals surface area contributed by atoms with E-state index in [1.165, 1.54) is 13.0 Å². The van der Waals surface area contributed by atoms with Crippen LogP contribution in [0.5, 0.6) is 0 Å². The van der Waals surface area contributed by atoms with Crippen LogP contribution in [0.1, 0.15) is 6.42 Å². The van der Waals surface area contributed by atoms with Gasteiger partial charge in [-0.3, -0.25) is 4.90 Å². The summed E-state index contributed by atoms with van der Waals surface area (Å²) in [7, 11) is 0. The highest BCUT2D eigenvalue weighted by Gasteiger charge is 2.23. The van der Waals surface area contributed by atoms with Crippen LogP contribution < -0.4 is 5.32 Å². The molecule has 0 radical (unpaired) electrons. The molecule has 0 aliphatic carbocycles. The van der Waals surface area contributed by atoms with Gasteiger partial charge in [-0.15, -0.1) is 0 Å². The second kappa shape index (κ2) is 5.07. The van der Waals surface area contributed by atoms with E-state index in [1.54, 1.807) is 0 Å². The second-order valence-corrected chi connectivity index (χ2v) is 4.29. The minimum absolute atomic E-state index is 0.0399. The number of hydrogen-bond donors (Lipinski definition) is 2. The summed E-state index contributed by atoms with van der Waals surface area (Å²) in [6.45, 7) is 6.32. The van der Waals surface area contributed by atoms with Crippen LogP contribution in [-0.2, 0) is 4.74 Å². The molecule has 2 unspecified atom stereocenters. The van der Waals surface area contributed by atoms with E-state index >= 15 is 0 Å². The van der Waals surface area contributed by atoms with Gasteiger partial charge in [0.2, 0.25) is 0 Å². The third-order valence-corrected chi connectivity index (χ3v) is 3.11. The van der Waals surface area contributed by atoms with Gasteiger partial charge in [0.25, 0.3) is 0 Å². The maximum atomic E-state index is 9.01. The fourth-order valence-electron chi connectivity index (χ4n) is 2.29. The molecular formula is C10H20N2O2. The summed E-state index contributed by atoms with van der Waals surface area (Å²) < 4.78 is 5.41. The van der Waals surface area contributed by atoms with Gasteiger partial charge in [-0.2, -0.15) is 0 Å². The van der Waals surface area contributed by atoms with E-state index in [0.717, 1.165) is 38.7 Å². The van der Waals surface area contributed by atoms with Crippen molar-refractivity contribution >= 4 is 0 Å². The van der Waals surface area contributed by atoms with Crippen LogP contribution in [0.25, 0.3) is 0 Å². The van der Waals surface area contributed by atoms with Crippen molar-refractivity contribution in [3.63, 3.8) is 0 Å². The molecule has 2 atom stereocenters. The molecule has 4 heteroatoms. The fraction of sp³-hybridized carbons (Fsp3) is 1.00. The Morgan fingerprint density at radius 3 is 3.14 bits per heavy atom. The van der Waals surface area contributed by atoms with Gasteiger partial charge in [0.1, 0.15) is 0 Å². The summed E-state index contributed by atoms with van der Waals surface area (Å²) >= 11 is 0. The normalized spacial score (nSPS) is 34.9. The molecule has 0 aromatic rings. The zero-order chi connectivity index (χ0) is 9.80. The highest BCUT2D eigenvalue weighted by molar-refractivity contribution is 4.78. The Balaban J connectivity index is 1.73. The molecule has 2 heterocycles. The van der Waals surface area contributed by atoms with E-state index in [0.29, 0.717) is 0 Å². The van der Waals surface area contributed by atoms with Crippen LogP contribution in [0.3, 0.4) is 0 Å². The van der Waals surface area contributed by atoms with Crippen LogP contribution in [0, 0.1) is 5.92 Å². The summed E-state index contributed by atoms with van der Waals surface area (Å²) in [5.41, 5.74) is 0. The van der Waals surface area contributed by atoms with E-state index in [1.807, 2.05) is 0 Å². The maximum Gasteiger partial charge on any atom is 0.0932 e. The zero-order valence-electron chi connectivity index (χ0n) is 8.61. The average Bonchev–Trinajstić information content (AvgIpc) is 2.71. The lowest BCUT2D eigenvalue weighted by Crippen LogP contribution is -2.46. The highest BCUT2D eigenvalue weighted by atomic mass is 16.5. The van der Waals surface area contributed by atoms with E-state index in [9.17, 15) is 0 Å². The quantitative estimate of drug-likeness (QED) is 0.632. The van der Waals surface area contributed by atoms with Gasteiger partial charge in [-0.1, -0.05) is 0 Å². The summed E-state index contributed by atoms with van der Waals surface area (Å²) in [6, 6.07) is 0. The van der Waals surface area contributed by atoms with Crippen LogP contribution in [0.15, 0.2) is 0 Å². The zero-order valence-corrected chi connectivity index (χ0v) is 8.61. The number of aliphatic hydroxyl groups is 1. The molecule has 2 aliphatic rings. The van der Waals surface area contributed by atoms with E-state index in [2.05, 4.69) is 10.2 Å². The van der Waals surface area contributed by atoms with Gasteiger partial charge < -0.3 is 15.2 Å². The Hall–Kier alpha value is -0.160. The first kappa shape index (κ1) is 10.4. The molecule has 4 nitrogen and oxygen atoms in total. The first-order valence-corrected chi connectivity index (χ1v) is 5.54. The molecule has 0 aromatic heterocycles.